The van der Waals surface area contributed by atoms with Crippen LogP contribution in [0.4, 0.5) is 9.59 Å². The molecule has 0 saturated heterocycles. The Morgan fingerprint density at radius 1 is 0.793 bits per heavy atom. The Morgan fingerprint density at radius 2 is 1.07 bits per heavy atom. The molecule has 0 unspecified atom stereocenters. The molecule has 0 aromatic rings. The molecule has 0 aliphatic rings. The van der Waals surface area contributed by atoms with Crippen molar-refractivity contribution < 1.29 is 37.7 Å². The minimum Gasteiger partial charge on any atom is -0.444 e. The van der Waals surface area contributed by atoms with Gasteiger partial charge in [0, 0.05) is 0 Å². The molecule has 0 aliphatic heterocycles. The van der Waals surface area contributed by atoms with Gasteiger partial charge in [-0.2, -0.15) is 0 Å². The van der Waals surface area contributed by atoms with Gasteiger partial charge in [-0.15, -0.1) is 0 Å². The van der Waals surface area contributed by atoms with Crippen LogP contribution >= 0.6 is 0 Å². The van der Waals surface area contributed by atoms with E-state index in [1.165, 1.54) is 13.8 Å². The first-order valence-electron chi connectivity index (χ1n) is 9.37. The van der Waals surface area contributed by atoms with Crippen molar-refractivity contribution in [3.05, 3.63) is 0 Å². The van der Waals surface area contributed by atoms with E-state index in [-0.39, 0.29) is 0 Å². The van der Waals surface area contributed by atoms with Gasteiger partial charge in [0.15, 0.2) is 9.84 Å². The predicted octanol–water partition coefficient (Wildman–Crippen LogP) is 0.949. The summed E-state index contributed by atoms with van der Waals surface area (Å²) in [4.78, 5) is 23.4. The van der Waals surface area contributed by atoms with Crippen molar-refractivity contribution in [1.29, 1.82) is 0 Å². The second-order valence-corrected chi connectivity index (χ2v) is 11.2. The first kappa shape index (κ1) is 27.4. The number of amides is 2. The summed E-state index contributed by atoms with van der Waals surface area (Å²) >= 11 is 0. The third-order valence-electron chi connectivity index (χ3n) is 3.49. The van der Waals surface area contributed by atoms with Crippen molar-refractivity contribution in [3.63, 3.8) is 0 Å². The van der Waals surface area contributed by atoms with Gasteiger partial charge in [-0.3, -0.25) is 0 Å². The standard InChI is InChI=1S/C18H36N2O8S/c1-11(19-15(23)27-17(3,4)5)13(21)9-29(25,26)10-14(22)12(2)20-16(24)28-18(6,7)8/h11-14,21-22H,9-10H2,1-8H3,(H,19,23)(H,20,24)/t11-,12-,13+,14+/m0/s1. The lowest BCUT2D eigenvalue weighted by Gasteiger charge is -2.26. The molecule has 0 aliphatic carbocycles. The molecular formula is C18H36N2O8S. The highest BCUT2D eigenvalue weighted by Crippen LogP contribution is 2.10. The lowest BCUT2D eigenvalue weighted by atomic mass is 10.2. The van der Waals surface area contributed by atoms with Crippen LogP contribution in [0, 0.1) is 0 Å². The first-order valence-corrected chi connectivity index (χ1v) is 11.2. The van der Waals surface area contributed by atoms with Crippen LogP contribution in [0.25, 0.3) is 0 Å². The second kappa shape index (κ2) is 10.4. The highest BCUT2D eigenvalue weighted by Gasteiger charge is 2.29. The molecule has 0 rings (SSSR count). The average Bonchev–Trinajstić information content (AvgIpc) is 2.41. The van der Waals surface area contributed by atoms with Crippen LogP contribution < -0.4 is 10.6 Å². The summed E-state index contributed by atoms with van der Waals surface area (Å²) in [5, 5.41) is 25.0. The van der Waals surface area contributed by atoms with Crippen LogP contribution in [0.3, 0.4) is 0 Å². The van der Waals surface area contributed by atoms with E-state index in [2.05, 4.69) is 10.6 Å². The van der Waals surface area contributed by atoms with Crippen LogP contribution in [0.1, 0.15) is 55.4 Å². The van der Waals surface area contributed by atoms with E-state index in [9.17, 15) is 28.2 Å². The molecule has 2 amide bonds. The van der Waals surface area contributed by atoms with E-state index in [0.29, 0.717) is 0 Å². The monoisotopic (exact) mass is 440 g/mol. The Kier molecular flexibility index (Phi) is 9.87. The highest BCUT2D eigenvalue weighted by atomic mass is 32.2. The van der Waals surface area contributed by atoms with Gasteiger partial charge >= 0.3 is 12.2 Å². The molecular weight excluding hydrogens is 404 g/mol. The van der Waals surface area contributed by atoms with Crippen LogP contribution in [0.15, 0.2) is 0 Å². The lowest BCUT2D eigenvalue weighted by Crippen LogP contribution is -2.48. The van der Waals surface area contributed by atoms with Gasteiger partial charge in [-0.05, 0) is 55.4 Å². The molecule has 0 aromatic heterocycles. The number of hydrogen-bond donors (Lipinski definition) is 4. The summed E-state index contributed by atoms with van der Waals surface area (Å²) in [5.74, 6) is -1.36. The van der Waals surface area contributed by atoms with E-state index < -0.39 is 69.0 Å². The smallest absolute Gasteiger partial charge is 0.407 e. The van der Waals surface area contributed by atoms with Crippen LogP contribution in [0.2, 0.25) is 0 Å². The van der Waals surface area contributed by atoms with Gasteiger partial charge in [0.05, 0.1) is 35.8 Å². The van der Waals surface area contributed by atoms with E-state index >= 15 is 0 Å². The summed E-state index contributed by atoms with van der Waals surface area (Å²) in [5.41, 5.74) is -1.47. The number of carbonyl (C=O) groups excluding carboxylic acids is 2. The van der Waals surface area contributed by atoms with Gasteiger partial charge in [-0.25, -0.2) is 18.0 Å². The van der Waals surface area contributed by atoms with Crippen molar-refractivity contribution in [2.45, 2.75) is 90.9 Å². The molecule has 4 atom stereocenters. The Morgan fingerprint density at radius 3 is 1.31 bits per heavy atom. The second-order valence-electron chi connectivity index (χ2n) is 9.08. The number of hydrogen-bond acceptors (Lipinski definition) is 8. The van der Waals surface area contributed by atoms with Gasteiger partial charge in [0.1, 0.15) is 11.2 Å². The minimum atomic E-state index is -3.90. The Hall–Kier alpha value is -1.59. The van der Waals surface area contributed by atoms with E-state index in [0.717, 1.165) is 0 Å². The van der Waals surface area contributed by atoms with Crippen LogP contribution in [-0.4, -0.2) is 77.8 Å². The molecule has 0 radical (unpaired) electrons. The maximum absolute atomic E-state index is 12.3. The first-order chi connectivity index (χ1) is 12.8. The molecule has 0 spiro atoms. The zero-order valence-corrected chi connectivity index (χ0v) is 19.3. The summed E-state index contributed by atoms with van der Waals surface area (Å²) in [7, 11) is -3.90. The van der Waals surface area contributed by atoms with Gasteiger partial charge in [0.25, 0.3) is 0 Å². The highest BCUT2D eigenvalue weighted by molar-refractivity contribution is 7.91. The molecule has 0 saturated carbocycles. The fourth-order valence-electron chi connectivity index (χ4n) is 2.06. The maximum Gasteiger partial charge on any atom is 0.407 e. The maximum atomic E-state index is 12.3. The average molecular weight is 441 g/mol. The number of alkyl carbamates (subject to hydrolysis) is 2. The number of rotatable bonds is 8. The normalized spacial score (nSPS) is 16.9. The SMILES string of the molecule is C[C@H](NC(=O)OC(C)(C)C)[C@H](O)CS(=O)(=O)C[C@@H](O)[C@H](C)NC(=O)OC(C)(C)C. The Balaban J connectivity index is 4.69. The zero-order valence-electron chi connectivity index (χ0n) is 18.5. The number of carbonyl (C=O) groups is 2. The molecule has 4 N–H and O–H groups in total. The van der Waals surface area contributed by atoms with Crippen molar-refractivity contribution in [2.24, 2.45) is 0 Å². The largest absolute Gasteiger partial charge is 0.444 e. The van der Waals surface area contributed by atoms with Crippen molar-refractivity contribution in [3.8, 4) is 0 Å². The fraction of sp³-hybridized carbons (Fsp3) is 0.889. The molecule has 0 aromatic carbocycles. The van der Waals surface area contributed by atoms with Crippen molar-refractivity contribution in [2.75, 3.05) is 11.5 Å². The quantitative estimate of drug-likeness (QED) is 0.435. The number of ether oxygens (including phenoxy) is 2. The molecule has 10 nitrogen and oxygen atoms in total. The van der Waals surface area contributed by atoms with Crippen molar-refractivity contribution >= 4 is 22.0 Å². The Labute approximate surface area is 173 Å². The molecule has 172 valence electrons. The minimum absolute atomic E-state index is 0.680. The Bertz CT molecular complexity index is 602. The summed E-state index contributed by atoms with van der Waals surface area (Å²) in [6.45, 7) is 12.9. The third-order valence-corrected chi connectivity index (χ3v) is 5.19. The fourth-order valence-corrected chi connectivity index (χ4v) is 3.81. The van der Waals surface area contributed by atoms with Crippen LogP contribution in [-0.2, 0) is 19.3 Å². The number of sulfone groups is 1. The number of aliphatic hydroxyl groups excluding tert-OH is 2. The molecule has 0 fully saturated rings. The summed E-state index contributed by atoms with van der Waals surface area (Å²) in [6, 6.07) is -1.79. The summed E-state index contributed by atoms with van der Waals surface area (Å²) in [6.07, 6.45) is -4.38. The zero-order chi connectivity index (χ0) is 23.2. The van der Waals surface area contributed by atoms with E-state index in [4.69, 9.17) is 9.47 Å². The van der Waals surface area contributed by atoms with Gasteiger partial charge in [0.2, 0.25) is 0 Å². The molecule has 0 heterocycles. The number of aliphatic hydroxyl groups is 2. The van der Waals surface area contributed by atoms with Crippen LogP contribution in [0.5, 0.6) is 0 Å². The van der Waals surface area contributed by atoms with Gasteiger partial charge < -0.3 is 30.3 Å². The van der Waals surface area contributed by atoms with E-state index in [1.54, 1.807) is 41.5 Å². The third kappa shape index (κ3) is 13.3. The van der Waals surface area contributed by atoms with Crippen molar-refractivity contribution in [1.82, 2.24) is 10.6 Å². The lowest BCUT2D eigenvalue weighted by molar-refractivity contribution is 0.0446. The van der Waals surface area contributed by atoms with Gasteiger partial charge in [-0.1, -0.05) is 0 Å². The molecule has 11 heteroatoms. The predicted molar refractivity (Wildman–Crippen MR) is 108 cm³/mol. The number of nitrogens with one attached hydrogen (secondary N) is 2. The van der Waals surface area contributed by atoms with E-state index in [1.807, 2.05) is 0 Å². The summed E-state index contributed by atoms with van der Waals surface area (Å²) < 4.78 is 34.7. The topological polar surface area (TPSA) is 151 Å². The molecule has 29 heavy (non-hydrogen) atoms. The molecule has 0 bridgehead atoms.